The number of nitrogens with two attached hydrogens (primary N) is 3. The fourth-order valence-corrected chi connectivity index (χ4v) is 2.81. The number of amides is 1. The van der Waals surface area contributed by atoms with Crippen molar-refractivity contribution in [1.29, 1.82) is 0 Å². The Morgan fingerprint density at radius 2 is 1.72 bits per heavy atom. The Balaban J connectivity index is 2.82. The summed E-state index contributed by atoms with van der Waals surface area (Å²) in [5.41, 5.74) is 19.2. The number of likely N-dealkylation sites (N-methyl/N-ethyl adjacent to an activating group) is 1. The molecule has 8 nitrogen and oxygen atoms in total. The Labute approximate surface area is 179 Å². The lowest BCUT2D eigenvalue weighted by Gasteiger charge is -2.22. The molecular weight excluding hydrogens is 390 g/mol. The predicted molar refractivity (Wildman–Crippen MR) is 121 cm³/mol. The van der Waals surface area contributed by atoms with Crippen molar-refractivity contribution in [2.75, 3.05) is 13.6 Å². The van der Waals surface area contributed by atoms with Gasteiger partial charge in [0.15, 0.2) is 0 Å². The van der Waals surface area contributed by atoms with Crippen molar-refractivity contribution in [3.8, 4) is 0 Å². The van der Waals surface area contributed by atoms with Crippen LogP contribution in [0.1, 0.15) is 45.2 Å². The normalized spacial score (nSPS) is 16.2. The summed E-state index contributed by atoms with van der Waals surface area (Å²) in [6, 6.07) is 6.48. The Morgan fingerprint density at radius 3 is 2.24 bits per heavy atom. The van der Waals surface area contributed by atoms with Crippen LogP contribution in [-0.4, -0.2) is 43.7 Å². The molecule has 0 aliphatic rings. The van der Waals surface area contributed by atoms with Crippen LogP contribution in [0.4, 0.5) is 0 Å². The summed E-state index contributed by atoms with van der Waals surface area (Å²) in [5, 5.41) is 9.85. The van der Waals surface area contributed by atoms with Gasteiger partial charge in [-0.2, -0.15) is 4.99 Å². The zero-order valence-corrected chi connectivity index (χ0v) is 18.5. The molecule has 0 heterocycles. The molecular formula is C20H36ClN7O. The van der Waals surface area contributed by atoms with Gasteiger partial charge in [0.25, 0.3) is 5.91 Å². The second-order valence-corrected chi connectivity index (χ2v) is 8.21. The van der Waals surface area contributed by atoms with Gasteiger partial charge in [0.1, 0.15) is 0 Å². The quantitative estimate of drug-likeness (QED) is 0.187. The average Bonchev–Trinajstić information content (AvgIpc) is 2.64. The van der Waals surface area contributed by atoms with E-state index in [1.165, 1.54) is 0 Å². The van der Waals surface area contributed by atoms with E-state index in [0.717, 1.165) is 5.56 Å². The van der Waals surface area contributed by atoms with Gasteiger partial charge < -0.3 is 33.2 Å². The lowest BCUT2D eigenvalue weighted by atomic mass is 10.0. The molecule has 29 heavy (non-hydrogen) atoms. The van der Waals surface area contributed by atoms with E-state index in [-0.39, 0.29) is 18.0 Å². The first-order valence-electron chi connectivity index (χ1n) is 9.94. The highest BCUT2D eigenvalue weighted by atomic mass is 35.5. The van der Waals surface area contributed by atoms with Gasteiger partial charge in [0.2, 0.25) is 5.96 Å². The molecule has 1 aromatic carbocycles. The summed E-state index contributed by atoms with van der Waals surface area (Å²) >= 11 is 5.92. The first kappa shape index (κ1) is 25.3. The minimum absolute atomic E-state index is 0.119. The summed E-state index contributed by atoms with van der Waals surface area (Å²) in [5.74, 6) is 0.399. The molecule has 1 rings (SSSR count). The van der Waals surface area contributed by atoms with Gasteiger partial charge in [-0.15, -0.1) is 0 Å². The second kappa shape index (κ2) is 12.8. The SMILES string of the molecule is CNC(CC(C)N)C(=O)/N=C(/NCC(C)C)NC(N)CC(N)c1ccc(Cl)cc1. The third-order valence-electron chi connectivity index (χ3n) is 4.28. The summed E-state index contributed by atoms with van der Waals surface area (Å²) in [6.45, 7) is 6.63. The highest BCUT2D eigenvalue weighted by molar-refractivity contribution is 6.30. The fourth-order valence-electron chi connectivity index (χ4n) is 2.68. The van der Waals surface area contributed by atoms with E-state index in [0.29, 0.717) is 36.3 Å². The van der Waals surface area contributed by atoms with E-state index in [1.54, 1.807) is 19.2 Å². The monoisotopic (exact) mass is 425 g/mol. The summed E-state index contributed by atoms with van der Waals surface area (Å²) in [6.07, 6.45) is 0.449. The Morgan fingerprint density at radius 1 is 1.10 bits per heavy atom. The fraction of sp³-hybridized carbons (Fsp3) is 0.600. The number of aliphatic imine (C=N–C) groups is 1. The first-order chi connectivity index (χ1) is 13.6. The van der Waals surface area contributed by atoms with Crippen LogP contribution in [0.5, 0.6) is 0 Å². The number of rotatable bonds is 10. The molecule has 0 bridgehead atoms. The average molecular weight is 426 g/mol. The van der Waals surface area contributed by atoms with E-state index >= 15 is 0 Å². The largest absolute Gasteiger partial charge is 0.356 e. The van der Waals surface area contributed by atoms with Crippen LogP contribution >= 0.6 is 11.6 Å². The molecule has 0 aromatic heterocycles. The Kier molecular flexibility index (Phi) is 11.2. The van der Waals surface area contributed by atoms with Crippen LogP contribution in [0.3, 0.4) is 0 Å². The lowest BCUT2D eigenvalue weighted by molar-refractivity contribution is -0.119. The third-order valence-corrected chi connectivity index (χ3v) is 4.53. The van der Waals surface area contributed by atoms with E-state index < -0.39 is 12.2 Å². The number of hydrogen-bond donors (Lipinski definition) is 6. The van der Waals surface area contributed by atoms with Crippen molar-refractivity contribution < 1.29 is 4.79 Å². The predicted octanol–water partition coefficient (Wildman–Crippen LogP) is 1.06. The van der Waals surface area contributed by atoms with Crippen molar-refractivity contribution in [3.05, 3.63) is 34.9 Å². The molecule has 164 valence electrons. The molecule has 0 fully saturated rings. The lowest BCUT2D eigenvalue weighted by Crippen LogP contribution is -2.50. The minimum Gasteiger partial charge on any atom is -0.356 e. The maximum Gasteiger partial charge on any atom is 0.266 e. The van der Waals surface area contributed by atoms with Gasteiger partial charge in [0, 0.05) is 23.7 Å². The number of halogens is 1. The molecule has 1 amide bonds. The number of carbonyl (C=O) groups excluding carboxylic acids is 1. The topological polar surface area (TPSA) is 144 Å². The molecule has 0 aliphatic heterocycles. The highest BCUT2D eigenvalue weighted by Crippen LogP contribution is 2.17. The summed E-state index contributed by atoms with van der Waals surface area (Å²) in [4.78, 5) is 16.8. The zero-order valence-electron chi connectivity index (χ0n) is 17.8. The zero-order chi connectivity index (χ0) is 22.0. The van der Waals surface area contributed by atoms with Gasteiger partial charge in [-0.25, -0.2) is 0 Å². The number of benzene rings is 1. The van der Waals surface area contributed by atoms with Crippen molar-refractivity contribution in [2.45, 2.75) is 57.9 Å². The van der Waals surface area contributed by atoms with E-state index in [9.17, 15) is 4.79 Å². The standard InChI is InChI=1S/C20H36ClN7O/c1-12(2)11-26-20(28-19(29)17(25-4)9-13(3)22)27-18(24)10-16(23)14-5-7-15(21)8-6-14/h5-8,12-13,16-18,25H,9-11,22-24H2,1-4H3,(H2,26,27,28,29). The van der Waals surface area contributed by atoms with E-state index in [1.807, 2.05) is 19.1 Å². The van der Waals surface area contributed by atoms with Crippen LogP contribution in [0, 0.1) is 5.92 Å². The summed E-state index contributed by atoms with van der Waals surface area (Å²) in [7, 11) is 1.71. The van der Waals surface area contributed by atoms with Crippen LogP contribution in [0.15, 0.2) is 29.3 Å². The Bertz CT molecular complexity index is 649. The molecule has 1 aromatic rings. The molecule has 0 saturated heterocycles. The molecule has 0 radical (unpaired) electrons. The number of guanidine groups is 1. The molecule has 9 heteroatoms. The Hall–Kier alpha value is -1.71. The van der Waals surface area contributed by atoms with Gasteiger partial charge in [0.05, 0.1) is 12.2 Å². The molecule has 4 atom stereocenters. The third kappa shape index (κ3) is 10.0. The molecule has 9 N–H and O–H groups in total. The number of nitrogens with one attached hydrogen (secondary N) is 3. The maximum atomic E-state index is 12.6. The smallest absolute Gasteiger partial charge is 0.266 e. The van der Waals surface area contributed by atoms with Crippen molar-refractivity contribution in [3.63, 3.8) is 0 Å². The van der Waals surface area contributed by atoms with Crippen LogP contribution in [0.2, 0.25) is 5.02 Å². The van der Waals surface area contributed by atoms with Crippen LogP contribution < -0.4 is 33.2 Å². The van der Waals surface area contributed by atoms with Crippen LogP contribution in [-0.2, 0) is 4.79 Å². The molecule has 0 aliphatic carbocycles. The van der Waals surface area contributed by atoms with Gasteiger partial charge in [-0.05, 0) is 50.4 Å². The van der Waals surface area contributed by atoms with Gasteiger partial charge in [-0.3, -0.25) is 4.79 Å². The van der Waals surface area contributed by atoms with Crippen molar-refractivity contribution >= 4 is 23.5 Å². The number of hydrogen-bond acceptors (Lipinski definition) is 5. The van der Waals surface area contributed by atoms with Crippen molar-refractivity contribution in [1.82, 2.24) is 16.0 Å². The highest BCUT2D eigenvalue weighted by Gasteiger charge is 2.19. The number of carbonyl (C=O) groups is 1. The van der Waals surface area contributed by atoms with Gasteiger partial charge in [-0.1, -0.05) is 37.6 Å². The number of nitrogens with zero attached hydrogens (tertiary/aromatic N) is 1. The van der Waals surface area contributed by atoms with E-state index in [4.69, 9.17) is 28.8 Å². The first-order valence-corrected chi connectivity index (χ1v) is 10.3. The second-order valence-electron chi connectivity index (χ2n) is 7.77. The maximum absolute atomic E-state index is 12.6. The van der Waals surface area contributed by atoms with Gasteiger partial charge >= 0.3 is 0 Å². The molecule has 0 spiro atoms. The summed E-state index contributed by atoms with van der Waals surface area (Å²) < 4.78 is 0. The minimum atomic E-state index is -0.492. The molecule has 4 unspecified atom stereocenters. The van der Waals surface area contributed by atoms with Crippen molar-refractivity contribution in [2.24, 2.45) is 28.1 Å². The van der Waals surface area contributed by atoms with Crippen LogP contribution in [0.25, 0.3) is 0 Å². The molecule has 0 saturated carbocycles. The van der Waals surface area contributed by atoms with E-state index in [2.05, 4.69) is 34.8 Å².